The number of likely N-dealkylation sites (tertiary alicyclic amines) is 1. The van der Waals surface area contributed by atoms with E-state index in [4.69, 9.17) is 0 Å². The Hall–Kier alpha value is -1.16. The molecule has 1 saturated carbocycles. The highest BCUT2D eigenvalue weighted by molar-refractivity contribution is 5.28. The summed E-state index contributed by atoms with van der Waals surface area (Å²) in [5.41, 5.74) is -0.108. The molecule has 138 valence electrons. The Labute approximate surface area is 152 Å². The second kappa shape index (κ2) is 6.86. The molecule has 0 unspecified atom stereocenters. The Morgan fingerprint density at radius 2 is 1.92 bits per heavy atom. The van der Waals surface area contributed by atoms with E-state index >= 15 is 0 Å². The number of β-amino-alcohol motifs (C(OH)–C–C–N with tert-alkyl or cyclic N) is 1. The molecular weight excluding hydrogens is 310 g/mol. The van der Waals surface area contributed by atoms with Crippen LogP contribution >= 0.6 is 0 Å². The van der Waals surface area contributed by atoms with Crippen molar-refractivity contribution >= 4 is 0 Å². The number of benzene rings is 1. The maximum absolute atomic E-state index is 11.5. The lowest BCUT2D eigenvalue weighted by atomic mass is 9.71. The highest BCUT2D eigenvalue weighted by atomic mass is 16.3. The number of aliphatic hydroxyl groups is 2. The van der Waals surface area contributed by atoms with Crippen LogP contribution in [0.2, 0.25) is 0 Å². The van der Waals surface area contributed by atoms with Crippen LogP contribution in [0.1, 0.15) is 45.6 Å². The molecule has 1 aromatic carbocycles. The first-order chi connectivity index (χ1) is 11.8. The number of aliphatic hydroxyl groups excluding tert-OH is 1. The standard InChI is InChI=1S/C22H33NO2/c1-5-17-14-23(15-22(17,25)18-9-7-6-8-10-18)21(3,4)19-12-11-16(2)13-20(19)24/h5-10,16-17,19-20,24-25H,1,11-15H2,2-4H3/t16-,17+,19-,20-,22-/m1/s1. The fourth-order valence-corrected chi connectivity index (χ4v) is 5.01. The summed E-state index contributed by atoms with van der Waals surface area (Å²) in [4.78, 5) is 2.37. The molecule has 1 saturated heterocycles. The van der Waals surface area contributed by atoms with Crippen molar-refractivity contribution in [1.29, 1.82) is 0 Å². The Morgan fingerprint density at radius 1 is 1.24 bits per heavy atom. The van der Waals surface area contributed by atoms with Gasteiger partial charge in [0, 0.05) is 30.5 Å². The topological polar surface area (TPSA) is 43.7 Å². The molecule has 0 spiro atoms. The predicted octanol–water partition coefficient (Wildman–Crippen LogP) is 3.57. The summed E-state index contributed by atoms with van der Waals surface area (Å²) in [6, 6.07) is 9.95. The maximum atomic E-state index is 11.5. The van der Waals surface area contributed by atoms with Gasteiger partial charge in [0.15, 0.2) is 0 Å². The van der Waals surface area contributed by atoms with Crippen molar-refractivity contribution in [3.8, 4) is 0 Å². The van der Waals surface area contributed by atoms with E-state index in [2.05, 4.69) is 32.3 Å². The zero-order valence-corrected chi connectivity index (χ0v) is 15.9. The van der Waals surface area contributed by atoms with Gasteiger partial charge in [-0.3, -0.25) is 4.90 Å². The molecule has 1 aliphatic heterocycles. The van der Waals surface area contributed by atoms with Crippen molar-refractivity contribution in [3.63, 3.8) is 0 Å². The van der Waals surface area contributed by atoms with Gasteiger partial charge >= 0.3 is 0 Å². The van der Waals surface area contributed by atoms with Crippen LogP contribution in [0.3, 0.4) is 0 Å². The molecule has 25 heavy (non-hydrogen) atoms. The molecule has 0 amide bonds. The fraction of sp³-hybridized carbons (Fsp3) is 0.636. The van der Waals surface area contributed by atoms with Crippen LogP contribution in [0.4, 0.5) is 0 Å². The lowest BCUT2D eigenvalue weighted by molar-refractivity contribution is -0.0489. The van der Waals surface area contributed by atoms with E-state index < -0.39 is 5.60 Å². The van der Waals surface area contributed by atoms with Gasteiger partial charge in [-0.1, -0.05) is 49.8 Å². The van der Waals surface area contributed by atoms with Crippen molar-refractivity contribution in [2.75, 3.05) is 13.1 Å². The quantitative estimate of drug-likeness (QED) is 0.822. The van der Waals surface area contributed by atoms with Crippen molar-refractivity contribution in [1.82, 2.24) is 4.90 Å². The molecule has 0 radical (unpaired) electrons. The molecule has 2 N–H and O–H groups in total. The third-order valence-electron chi connectivity index (χ3n) is 6.82. The molecule has 3 nitrogen and oxygen atoms in total. The summed E-state index contributed by atoms with van der Waals surface area (Å²) in [5.74, 6) is 0.837. The van der Waals surface area contributed by atoms with Gasteiger partial charge in [0.2, 0.25) is 0 Å². The molecule has 0 bridgehead atoms. The summed E-state index contributed by atoms with van der Waals surface area (Å²) >= 11 is 0. The van der Waals surface area contributed by atoms with Gasteiger partial charge in [0.05, 0.1) is 6.10 Å². The minimum atomic E-state index is -0.910. The number of rotatable bonds is 4. The minimum absolute atomic E-state index is 0.00571. The first kappa shape index (κ1) is 18.6. The van der Waals surface area contributed by atoms with Crippen LogP contribution in [-0.4, -0.2) is 39.8 Å². The van der Waals surface area contributed by atoms with E-state index in [1.165, 1.54) is 6.42 Å². The molecule has 1 aliphatic carbocycles. The Kier molecular flexibility index (Phi) is 5.11. The Balaban J connectivity index is 1.85. The molecule has 1 aromatic rings. The van der Waals surface area contributed by atoms with Crippen LogP contribution < -0.4 is 0 Å². The SMILES string of the molecule is C=C[C@H]1CN(C(C)(C)[C@@H]2CC[C@@H](C)C[C@H]2O)C[C@]1(O)c1ccccc1. The molecule has 3 rings (SSSR count). The first-order valence-corrected chi connectivity index (χ1v) is 9.62. The average Bonchev–Trinajstić information content (AvgIpc) is 2.94. The van der Waals surface area contributed by atoms with Gasteiger partial charge in [-0.2, -0.15) is 0 Å². The zero-order valence-electron chi connectivity index (χ0n) is 15.9. The lowest BCUT2D eigenvalue weighted by Crippen LogP contribution is -2.54. The summed E-state index contributed by atoms with van der Waals surface area (Å²) in [7, 11) is 0. The van der Waals surface area contributed by atoms with E-state index in [0.717, 1.165) is 24.9 Å². The van der Waals surface area contributed by atoms with Gasteiger partial charge < -0.3 is 10.2 Å². The molecule has 3 heteroatoms. The van der Waals surface area contributed by atoms with Crippen molar-refractivity contribution in [2.24, 2.45) is 17.8 Å². The fourth-order valence-electron chi connectivity index (χ4n) is 5.01. The number of hydrogen-bond acceptors (Lipinski definition) is 3. The van der Waals surface area contributed by atoms with Crippen molar-refractivity contribution in [2.45, 2.75) is 57.3 Å². The largest absolute Gasteiger partial charge is 0.393 e. The van der Waals surface area contributed by atoms with Crippen LogP contribution in [0, 0.1) is 17.8 Å². The van der Waals surface area contributed by atoms with Crippen LogP contribution in [0.5, 0.6) is 0 Å². The smallest absolute Gasteiger partial charge is 0.110 e. The summed E-state index contributed by atoms with van der Waals surface area (Å²) in [6.07, 6.45) is 4.74. The lowest BCUT2D eigenvalue weighted by Gasteiger charge is -2.47. The summed E-state index contributed by atoms with van der Waals surface area (Å²) in [5, 5.41) is 22.2. The number of nitrogens with zero attached hydrogens (tertiary/aromatic N) is 1. The Bertz CT molecular complexity index is 599. The second-order valence-electron chi connectivity index (χ2n) is 8.76. The zero-order chi connectivity index (χ0) is 18.2. The monoisotopic (exact) mass is 343 g/mol. The van der Waals surface area contributed by atoms with Crippen LogP contribution in [0.25, 0.3) is 0 Å². The minimum Gasteiger partial charge on any atom is -0.393 e. The van der Waals surface area contributed by atoms with Crippen LogP contribution in [0.15, 0.2) is 43.0 Å². The molecule has 1 heterocycles. The molecular formula is C22H33NO2. The van der Waals surface area contributed by atoms with E-state index in [-0.39, 0.29) is 23.5 Å². The molecule has 2 aliphatic rings. The normalized spacial score (nSPS) is 37.2. The van der Waals surface area contributed by atoms with E-state index in [1.807, 2.05) is 36.4 Å². The van der Waals surface area contributed by atoms with Gasteiger partial charge in [-0.15, -0.1) is 6.58 Å². The van der Waals surface area contributed by atoms with E-state index in [1.54, 1.807) is 0 Å². The summed E-state index contributed by atoms with van der Waals surface area (Å²) < 4.78 is 0. The van der Waals surface area contributed by atoms with Gasteiger partial charge in [0.1, 0.15) is 5.60 Å². The van der Waals surface area contributed by atoms with E-state index in [0.29, 0.717) is 12.5 Å². The predicted molar refractivity (Wildman–Crippen MR) is 102 cm³/mol. The van der Waals surface area contributed by atoms with Crippen molar-refractivity contribution in [3.05, 3.63) is 48.6 Å². The average molecular weight is 344 g/mol. The molecule has 0 aromatic heterocycles. The molecule has 2 fully saturated rings. The van der Waals surface area contributed by atoms with Gasteiger partial charge in [-0.25, -0.2) is 0 Å². The third kappa shape index (κ3) is 3.30. The Morgan fingerprint density at radius 3 is 2.52 bits per heavy atom. The first-order valence-electron chi connectivity index (χ1n) is 9.62. The van der Waals surface area contributed by atoms with Crippen molar-refractivity contribution < 1.29 is 10.2 Å². The highest BCUT2D eigenvalue weighted by Gasteiger charge is 2.51. The molecule has 5 atom stereocenters. The van der Waals surface area contributed by atoms with E-state index in [9.17, 15) is 10.2 Å². The second-order valence-corrected chi connectivity index (χ2v) is 8.76. The van der Waals surface area contributed by atoms with Crippen LogP contribution in [-0.2, 0) is 5.60 Å². The third-order valence-corrected chi connectivity index (χ3v) is 6.82. The maximum Gasteiger partial charge on any atom is 0.110 e. The number of hydrogen-bond donors (Lipinski definition) is 2. The summed E-state index contributed by atoms with van der Waals surface area (Å²) in [6.45, 7) is 12.0. The highest BCUT2D eigenvalue weighted by Crippen LogP contribution is 2.45. The van der Waals surface area contributed by atoms with Gasteiger partial charge in [0.25, 0.3) is 0 Å². The van der Waals surface area contributed by atoms with Gasteiger partial charge in [-0.05, 0) is 38.2 Å².